The van der Waals surface area contributed by atoms with Gasteiger partial charge in [-0.05, 0) is 6.92 Å². The van der Waals surface area contributed by atoms with Crippen LogP contribution in [0.1, 0.15) is 17.9 Å². The number of halogens is 1. The predicted octanol–water partition coefficient (Wildman–Crippen LogP) is 0.754. The Morgan fingerprint density at radius 3 is 2.87 bits per heavy atom. The van der Waals surface area contributed by atoms with Crippen LogP contribution in [0.2, 0.25) is 4.47 Å². The van der Waals surface area contributed by atoms with Gasteiger partial charge in [0.05, 0.1) is 11.5 Å². The molecule has 0 saturated heterocycles. The van der Waals surface area contributed by atoms with Crippen LogP contribution in [0, 0.1) is 0 Å². The lowest BCUT2D eigenvalue weighted by molar-refractivity contribution is -0.159. The van der Waals surface area contributed by atoms with Gasteiger partial charge < -0.3 is 14.9 Å². The zero-order valence-corrected chi connectivity index (χ0v) is 9.46. The van der Waals surface area contributed by atoms with E-state index in [1.165, 1.54) is 6.20 Å². The van der Waals surface area contributed by atoms with E-state index in [0.717, 1.165) is 11.3 Å². The van der Waals surface area contributed by atoms with Gasteiger partial charge in [-0.25, -0.2) is 9.78 Å². The standard InChI is InChI=1S/C8H10ClNO4S/c1-2-14-7(13)6(12)5(11)4-3-10-8(9)15-4/h3,5-6,11-12H,2H2,1H3. The van der Waals surface area contributed by atoms with Crippen LogP contribution in [0.15, 0.2) is 6.20 Å². The highest BCUT2D eigenvalue weighted by Crippen LogP contribution is 2.26. The third-order valence-electron chi connectivity index (χ3n) is 1.61. The van der Waals surface area contributed by atoms with Crippen molar-refractivity contribution in [1.82, 2.24) is 4.98 Å². The lowest BCUT2D eigenvalue weighted by Gasteiger charge is -2.14. The Morgan fingerprint density at radius 2 is 2.40 bits per heavy atom. The van der Waals surface area contributed by atoms with Crippen LogP contribution in [0.5, 0.6) is 0 Å². The largest absolute Gasteiger partial charge is 0.464 e. The van der Waals surface area contributed by atoms with Crippen LogP contribution in [0.3, 0.4) is 0 Å². The molecule has 2 unspecified atom stereocenters. The van der Waals surface area contributed by atoms with E-state index in [9.17, 15) is 15.0 Å². The van der Waals surface area contributed by atoms with Gasteiger partial charge >= 0.3 is 5.97 Å². The molecule has 1 rings (SSSR count). The van der Waals surface area contributed by atoms with Gasteiger partial charge in [-0.15, -0.1) is 11.3 Å². The Kier molecular flexibility index (Phi) is 4.46. The fourth-order valence-corrected chi connectivity index (χ4v) is 1.88. The third-order valence-corrected chi connectivity index (χ3v) is 2.80. The number of carbonyl (C=O) groups excluding carboxylic acids is 1. The molecule has 84 valence electrons. The lowest BCUT2D eigenvalue weighted by Crippen LogP contribution is -2.29. The van der Waals surface area contributed by atoms with Crippen molar-refractivity contribution >= 4 is 28.9 Å². The summed E-state index contributed by atoms with van der Waals surface area (Å²) in [5, 5.41) is 19.0. The van der Waals surface area contributed by atoms with Gasteiger partial charge in [0.1, 0.15) is 6.10 Å². The van der Waals surface area contributed by atoms with Crippen LogP contribution < -0.4 is 0 Å². The summed E-state index contributed by atoms with van der Waals surface area (Å²) in [6.45, 7) is 1.76. The van der Waals surface area contributed by atoms with E-state index in [4.69, 9.17) is 11.6 Å². The van der Waals surface area contributed by atoms with Crippen LogP contribution in [0.25, 0.3) is 0 Å². The molecule has 2 atom stereocenters. The number of hydrogen-bond donors (Lipinski definition) is 2. The molecule has 1 aromatic rings. The maximum Gasteiger partial charge on any atom is 0.338 e. The van der Waals surface area contributed by atoms with Gasteiger partial charge in [0.25, 0.3) is 0 Å². The zero-order chi connectivity index (χ0) is 11.4. The van der Waals surface area contributed by atoms with Gasteiger partial charge in [-0.2, -0.15) is 0 Å². The molecule has 2 N–H and O–H groups in total. The molecular formula is C8H10ClNO4S. The molecule has 0 radical (unpaired) electrons. The average Bonchev–Trinajstić information content (AvgIpc) is 2.63. The molecule has 1 aromatic heterocycles. The van der Waals surface area contributed by atoms with Gasteiger partial charge in [-0.1, -0.05) is 11.6 Å². The molecule has 0 aliphatic carbocycles. The molecule has 0 spiro atoms. The van der Waals surface area contributed by atoms with Crippen LogP contribution >= 0.6 is 22.9 Å². The number of aliphatic hydroxyl groups excluding tert-OH is 2. The van der Waals surface area contributed by atoms with Crippen molar-refractivity contribution in [2.75, 3.05) is 6.61 Å². The van der Waals surface area contributed by atoms with E-state index >= 15 is 0 Å². The minimum absolute atomic E-state index is 0.145. The Hall–Kier alpha value is -0.690. The maximum atomic E-state index is 11.1. The molecule has 0 aliphatic heterocycles. The van der Waals surface area contributed by atoms with E-state index in [2.05, 4.69) is 9.72 Å². The number of ether oxygens (including phenoxy) is 1. The third kappa shape index (κ3) is 3.13. The lowest BCUT2D eigenvalue weighted by atomic mass is 10.2. The minimum atomic E-state index is -1.61. The smallest absolute Gasteiger partial charge is 0.338 e. The molecule has 0 saturated carbocycles. The number of aliphatic hydroxyl groups is 2. The van der Waals surface area contributed by atoms with Crippen LogP contribution in [-0.2, 0) is 9.53 Å². The number of rotatable bonds is 4. The summed E-state index contributed by atoms with van der Waals surface area (Å²) in [6, 6.07) is 0. The van der Waals surface area contributed by atoms with E-state index in [-0.39, 0.29) is 11.1 Å². The highest BCUT2D eigenvalue weighted by Gasteiger charge is 2.28. The first-order valence-electron chi connectivity index (χ1n) is 4.20. The fraction of sp³-hybridized carbons (Fsp3) is 0.500. The number of hydrogen-bond acceptors (Lipinski definition) is 6. The summed E-state index contributed by atoms with van der Waals surface area (Å²) >= 11 is 6.54. The highest BCUT2D eigenvalue weighted by atomic mass is 35.5. The summed E-state index contributed by atoms with van der Waals surface area (Å²) in [4.78, 5) is 15.1. The Bertz CT molecular complexity index is 343. The molecule has 1 heterocycles. The number of nitrogens with zero attached hydrogens (tertiary/aromatic N) is 1. The van der Waals surface area contributed by atoms with Crippen molar-refractivity contribution in [1.29, 1.82) is 0 Å². The van der Waals surface area contributed by atoms with Crippen molar-refractivity contribution in [3.8, 4) is 0 Å². The molecule has 0 amide bonds. The highest BCUT2D eigenvalue weighted by molar-refractivity contribution is 7.15. The first kappa shape index (κ1) is 12.4. The number of esters is 1. The molecular weight excluding hydrogens is 242 g/mol. The van der Waals surface area contributed by atoms with Crippen LogP contribution in [-0.4, -0.2) is 33.9 Å². The van der Waals surface area contributed by atoms with Gasteiger partial charge in [-0.3, -0.25) is 0 Å². The fourth-order valence-electron chi connectivity index (χ4n) is 0.913. The minimum Gasteiger partial charge on any atom is -0.464 e. The predicted molar refractivity (Wildman–Crippen MR) is 54.7 cm³/mol. The topological polar surface area (TPSA) is 79.7 Å². The van der Waals surface area contributed by atoms with Crippen LogP contribution in [0.4, 0.5) is 0 Å². The van der Waals surface area contributed by atoms with E-state index in [0.29, 0.717) is 4.88 Å². The number of thiazole rings is 1. The summed E-state index contributed by atoms with van der Waals surface area (Å²) in [6.07, 6.45) is -1.66. The van der Waals surface area contributed by atoms with Gasteiger partial charge in [0.2, 0.25) is 0 Å². The molecule has 0 fully saturated rings. The number of aromatic nitrogens is 1. The van der Waals surface area contributed by atoms with E-state index in [1.54, 1.807) is 6.92 Å². The second-order valence-electron chi connectivity index (χ2n) is 2.66. The average molecular weight is 252 g/mol. The Balaban J connectivity index is 2.67. The molecule has 0 aromatic carbocycles. The Morgan fingerprint density at radius 1 is 1.73 bits per heavy atom. The quantitative estimate of drug-likeness (QED) is 0.772. The van der Waals surface area contributed by atoms with E-state index < -0.39 is 18.2 Å². The van der Waals surface area contributed by atoms with Crippen molar-refractivity contribution in [3.63, 3.8) is 0 Å². The van der Waals surface area contributed by atoms with Crippen molar-refractivity contribution in [2.24, 2.45) is 0 Å². The molecule has 15 heavy (non-hydrogen) atoms. The molecule has 7 heteroatoms. The first-order chi connectivity index (χ1) is 7.06. The molecule has 5 nitrogen and oxygen atoms in total. The Labute approximate surface area is 95.3 Å². The second-order valence-corrected chi connectivity index (χ2v) is 4.30. The van der Waals surface area contributed by atoms with Gasteiger partial charge in [0, 0.05) is 6.20 Å². The maximum absolute atomic E-state index is 11.1. The molecule has 0 bridgehead atoms. The van der Waals surface area contributed by atoms with Crippen molar-refractivity contribution in [2.45, 2.75) is 19.1 Å². The van der Waals surface area contributed by atoms with Crippen molar-refractivity contribution < 1.29 is 19.7 Å². The summed E-state index contributed by atoms with van der Waals surface area (Å²) < 4.78 is 4.79. The summed E-state index contributed by atoms with van der Waals surface area (Å²) in [7, 11) is 0. The number of carbonyl (C=O) groups is 1. The monoisotopic (exact) mass is 251 g/mol. The zero-order valence-electron chi connectivity index (χ0n) is 7.88. The van der Waals surface area contributed by atoms with E-state index in [1.807, 2.05) is 0 Å². The molecule has 0 aliphatic rings. The van der Waals surface area contributed by atoms with Gasteiger partial charge in [0.15, 0.2) is 10.6 Å². The first-order valence-corrected chi connectivity index (χ1v) is 5.39. The summed E-state index contributed by atoms with van der Waals surface area (Å²) in [5.41, 5.74) is 0. The summed E-state index contributed by atoms with van der Waals surface area (Å²) in [5.74, 6) is -0.866. The second kappa shape index (κ2) is 5.41. The van der Waals surface area contributed by atoms with Crippen molar-refractivity contribution in [3.05, 3.63) is 15.5 Å². The normalized spacial score (nSPS) is 14.7. The SMILES string of the molecule is CCOC(=O)C(O)C(O)c1cnc(Cl)s1.